The fourth-order valence-corrected chi connectivity index (χ4v) is 7.06. The summed E-state index contributed by atoms with van der Waals surface area (Å²) in [6, 6.07) is 15.1. The highest BCUT2D eigenvalue weighted by Crippen LogP contribution is 2.58. The molecule has 0 spiro atoms. The van der Waals surface area contributed by atoms with Crippen LogP contribution in [0.3, 0.4) is 0 Å². The number of anilines is 1. The van der Waals surface area contributed by atoms with Crippen LogP contribution in [0.4, 0.5) is 5.69 Å². The number of aliphatic hydroxyl groups is 1. The molecule has 1 saturated heterocycles. The van der Waals surface area contributed by atoms with E-state index in [2.05, 4.69) is 52.5 Å². The average molecular weight is 377 g/mol. The molecule has 1 amide bonds. The normalized spacial score (nSPS) is 38.2. The molecule has 1 heterocycles. The van der Waals surface area contributed by atoms with Crippen LogP contribution in [-0.4, -0.2) is 33.2 Å². The molecule has 2 atom stereocenters. The maximum Gasteiger partial charge on any atom is 0.268 e. The van der Waals surface area contributed by atoms with Crippen molar-refractivity contribution in [3.8, 4) is 0 Å². The van der Waals surface area contributed by atoms with Gasteiger partial charge in [-0.05, 0) is 86.6 Å². The third-order valence-electron chi connectivity index (χ3n) is 7.93. The number of nitrogens with zero attached hydrogens (tertiary/aromatic N) is 2. The molecular formula is C24H28N2O2. The fourth-order valence-electron chi connectivity index (χ4n) is 7.06. The van der Waals surface area contributed by atoms with Gasteiger partial charge in [0.25, 0.3) is 5.91 Å². The lowest BCUT2D eigenvalue weighted by molar-refractivity contribution is -0.190. The first kappa shape index (κ1) is 16.8. The van der Waals surface area contributed by atoms with Crippen LogP contribution in [0.25, 0.3) is 10.8 Å². The molecule has 146 valence electrons. The number of benzene rings is 2. The van der Waals surface area contributed by atoms with Crippen LogP contribution in [0.5, 0.6) is 0 Å². The summed E-state index contributed by atoms with van der Waals surface area (Å²) in [5.74, 6) is 1.74. The molecule has 4 bridgehead atoms. The summed E-state index contributed by atoms with van der Waals surface area (Å²) >= 11 is 0. The summed E-state index contributed by atoms with van der Waals surface area (Å²) in [6.45, 7) is 4.06. The lowest BCUT2D eigenvalue weighted by Crippen LogP contribution is -2.80. The third kappa shape index (κ3) is 2.13. The second-order valence-electron chi connectivity index (χ2n) is 10.2. The number of rotatable bonds is 2. The van der Waals surface area contributed by atoms with Gasteiger partial charge in [0.05, 0.1) is 17.3 Å². The Balaban J connectivity index is 1.40. The maximum absolute atomic E-state index is 13.3. The smallest absolute Gasteiger partial charge is 0.268 e. The molecule has 4 saturated carbocycles. The molecular weight excluding hydrogens is 348 g/mol. The van der Waals surface area contributed by atoms with Crippen molar-refractivity contribution < 1.29 is 9.90 Å². The van der Waals surface area contributed by atoms with Gasteiger partial charge in [-0.3, -0.25) is 9.80 Å². The molecule has 28 heavy (non-hydrogen) atoms. The first-order chi connectivity index (χ1) is 13.4. The molecule has 4 heteroatoms. The van der Waals surface area contributed by atoms with Gasteiger partial charge < -0.3 is 5.11 Å². The van der Waals surface area contributed by atoms with E-state index in [1.807, 2.05) is 13.8 Å². The van der Waals surface area contributed by atoms with E-state index >= 15 is 0 Å². The van der Waals surface area contributed by atoms with Crippen molar-refractivity contribution in [1.82, 2.24) is 5.01 Å². The van der Waals surface area contributed by atoms with Gasteiger partial charge in [-0.25, -0.2) is 5.01 Å². The molecule has 0 aromatic heterocycles. The molecule has 5 aliphatic rings. The zero-order valence-electron chi connectivity index (χ0n) is 16.6. The Hall–Kier alpha value is -2.07. The summed E-state index contributed by atoms with van der Waals surface area (Å²) < 4.78 is 0. The highest BCUT2D eigenvalue weighted by Gasteiger charge is 2.63. The van der Waals surface area contributed by atoms with E-state index in [4.69, 9.17) is 0 Å². The minimum Gasteiger partial charge on any atom is -0.390 e. The Morgan fingerprint density at radius 1 is 0.964 bits per heavy atom. The average Bonchev–Trinajstić information content (AvgIpc) is 2.64. The van der Waals surface area contributed by atoms with Crippen molar-refractivity contribution in [2.24, 2.45) is 17.8 Å². The molecule has 1 aliphatic heterocycles. The van der Waals surface area contributed by atoms with Crippen molar-refractivity contribution in [1.29, 1.82) is 0 Å². The number of hydrogen-bond donors (Lipinski definition) is 1. The van der Waals surface area contributed by atoms with Crippen molar-refractivity contribution in [2.75, 3.05) is 5.01 Å². The van der Waals surface area contributed by atoms with Crippen LogP contribution in [-0.2, 0) is 4.79 Å². The molecule has 2 unspecified atom stereocenters. The molecule has 4 nitrogen and oxygen atoms in total. The lowest BCUT2D eigenvalue weighted by Gasteiger charge is -2.67. The van der Waals surface area contributed by atoms with Gasteiger partial charge in [0, 0.05) is 0 Å². The van der Waals surface area contributed by atoms with Crippen LogP contribution in [0.15, 0.2) is 42.5 Å². The van der Waals surface area contributed by atoms with E-state index in [9.17, 15) is 9.90 Å². The van der Waals surface area contributed by atoms with Gasteiger partial charge in [0.1, 0.15) is 5.54 Å². The Kier molecular flexibility index (Phi) is 3.18. The standard InChI is InChI=1S/C24H28N2O2/c1-23(2)22(27)25(21-18-9-15-10-19(21)14-24(28,12-15)13-18)26(23)20-8-7-16-5-3-4-6-17(16)11-20/h3-8,11,15,18-19,21,28H,9-10,12-14H2,1-2H3/t15?,18?,19?,21-,24+. The van der Waals surface area contributed by atoms with Crippen LogP contribution in [0.1, 0.15) is 46.0 Å². The molecule has 1 N–H and O–H groups in total. The Bertz CT molecular complexity index is 967. The molecule has 2 aromatic rings. The number of amides is 1. The van der Waals surface area contributed by atoms with Crippen molar-refractivity contribution in [3.63, 3.8) is 0 Å². The van der Waals surface area contributed by atoms with E-state index in [1.54, 1.807) is 0 Å². The van der Waals surface area contributed by atoms with Crippen LogP contribution < -0.4 is 5.01 Å². The number of carbonyl (C=O) groups is 1. The molecule has 7 rings (SSSR count). The second-order valence-corrected chi connectivity index (χ2v) is 10.2. The highest BCUT2D eigenvalue weighted by atomic mass is 16.3. The molecule has 0 radical (unpaired) electrons. The SMILES string of the molecule is CC1(C)C(=O)N([C@H]2C3CC4CC2C[C@@](O)(C4)C3)N1c1ccc2ccccc2c1. The van der Waals surface area contributed by atoms with Crippen molar-refractivity contribution in [3.05, 3.63) is 42.5 Å². The monoisotopic (exact) mass is 376 g/mol. The van der Waals surface area contributed by atoms with Gasteiger partial charge in [0.15, 0.2) is 0 Å². The van der Waals surface area contributed by atoms with Gasteiger partial charge in [-0.15, -0.1) is 0 Å². The molecule has 4 aliphatic carbocycles. The summed E-state index contributed by atoms with van der Waals surface area (Å²) in [4.78, 5) is 13.3. The Morgan fingerprint density at radius 3 is 2.32 bits per heavy atom. The van der Waals surface area contributed by atoms with Crippen LogP contribution >= 0.6 is 0 Å². The zero-order chi connectivity index (χ0) is 19.3. The maximum atomic E-state index is 13.3. The minimum atomic E-state index is -0.520. The minimum absolute atomic E-state index is 0.227. The number of hydrazine groups is 1. The van der Waals surface area contributed by atoms with Crippen LogP contribution in [0.2, 0.25) is 0 Å². The van der Waals surface area contributed by atoms with Gasteiger partial charge in [-0.2, -0.15) is 0 Å². The first-order valence-electron chi connectivity index (χ1n) is 10.7. The van der Waals surface area contributed by atoms with Crippen molar-refractivity contribution in [2.45, 2.75) is 63.1 Å². The van der Waals surface area contributed by atoms with Crippen LogP contribution in [0, 0.1) is 17.8 Å². The van der Waals surface area contributed by atoms with Gasteiger partial charge >= 0.3 is 0 Å². The quantitative estimate of drug-likeness (QED) is 0.857. The lowest BCUT2D eigenvalue weighted by atomic mass is 9.52. The fraction of sp³-hybridized carbons (Fsp3) is 0.542. The third-order valence-corrected chi connectivity index (χ3v) is 7.93. The van der Waals surface area contributed by atoms with Crippen molar-refractivity contribution >= 4 is 22.4 Å². The molecule has 5 fully saturated rings. The Labute approximate surface area is 166 Å². The number of carbonyl (C=O) groups excluding carboxylic acids is 1. The Morgan fingerprint density at radius 2 is 1.64 bits per heavy atom. The number of hydrogen-bond acceptors (Lipinski definition) is 3. The van der Waals surface area contributed by atoms with E-state index in [1.165, 1.54) is 23.6 Å². The predicted octanol–water partition coefficient (Wildman–Crippen LogP) is 4.12. The number of fused-ring (bicyclic) bond motifs is 1. The highest BCUT2D eigenvalue weighted by molar-refractivity contribution is 5.99. The summed E-state index contributed by atoms with van der Waals surface area (Å²) in [5.41, 5.74) is 0.105. The zero-order valence-corrected chi connectivity index (χ0v) is 16.6. The van der Waals surface area contributed by atoms with Gasteiger partial charge in [0.2, 0.25) is 0 Å². The first-order valence-corrected chi connectivity index (χ1v) is 10.7. The topological polar surface area (TPSA) is 43.8 Å². The van der Waals surface area contributed by atoms with Gasteiger partial charge in [-0.1, -0.05) is 30.3 Å². The molecule has 2 aromatic carbocycles. The summed E-state index contributed by atoms with van der Waals surface area (Å²) in [7, 11) is 0. The summed E-state index contributed by atoms with van der Waals surface area (Å²) in [6.07, 6.45) is 5.03. The largest absolute Gasteiger partial charge is 0.390 e. The van der Waals surface area contributed by atoms with E-state index < -0.39 is 11.1 Å². The summed E-state index contributed by atoms with van der Waals surface area (Å²) in [5, 5.41) is 17.7. The van der Waals surface area contributed by atoms with E-state index in [-0.39, 0.29) is 11.9 Å². The second kappa shape index (κ2) is 5.29. The van der Waals surface area contributed by atoms with E-state index in [0.717, 1.165) is 24.9 Å². The predicted molar refractivity (Wildman–Crippen MR) is 110 cm³/mol. The van der Waals surface area contributed by atoms with E-state index in [0.29, 0.717) is 17.8 Å².